The Hall–Kier alpha value is -1.29. The van der Waals surface area contributed by atoms with Crippen LogP contribution in [-0.2, 0) is 5.67 Å². The zero-order chi connectivity index (χ0) is 12.9. The van der Waals surface area contributed by atoms with Gasteiger partial charge >= 0.3 is 0 Å². The number of rotatable bonds is 6. The first-order chi connectivity index (χ1) is 8.11. The molecular formula is C13H20FNO2. The molecule has 0 saturated heterocycles. The van der Waals surface area contributed by atoms with E-state index in [9.17, 15) is 4.39 Å². The molecule has 0 radical (unpaired) electrons. The number of halogens is 1. The van der Waals surface area contributed by atoms with Crippen molar-refractivity contribution >= 4 is 0 Å². The second-order valence-corrected chi connectivity index (χ2v) is 3.99. The lowest BCUT2D eigenvalue weighted by molar-refractivity contribution is 0.154. The van der Waals surface area contributed by atoms with Gasteiger partial charge in [-0.05, 0) is 24.6 Å². The number of hydrogen-bond donors (Lipinski definition) is 1. The topological polar surface area (TPSA) is 44.5 Å². The summed E-state index contributed by atoms with van der Waals surface area (Å²) < 4.78 is 25.1. The van der Waals surface area contributed by atoms with Gasteiger partial charge in [-0.3, -0.25) is 0 Å². The molecule has 0 saturated carbocycles. The third-order valence-corrected chi connectivity index (χ3v) is 2.86. The Bertz CT molecular complexity index is 370. The predicted octanol–water partition coefficient (Wildman–Crippen LogP) is 2.63. The Morgan fingerprint density at radius 3 is 2.47 bits per heavy atom. The lowest BCUT2D eigenvalue weighted by Crippen LogP contribution is -2.30. The minimum absolute atomic E-state index is 0.0651. The van der Waals surface area contributed by atoms with E-state index in [0.29, 0.717) is 29.9 Å². The van der Waals surface area contributed by atoms with Gasteiger partial charge in [-0.1, -0.05) is 13.3 Å². The summed E-state index contributed by atoms with van der Waals surface area (Å²) in [7, 11) is 3.07. The van der Waals surface area contributed by atoms with Crippen LogP contribution in [0.15, 0.2) is 18.2 Å². The summed E-state index contributed by atoms with van der Waals surface area (Å²) in [6, 6.07) is 5.10. The minimum Gasteiger partial charge on any atom is -0.497 e. The molecule has 0 fully saturated rings. The predicted molar refractivity (Wildman–Crippen MR) is 66.3 cm³/mol. The standard InChI is InChI=1S/C13H20FNO2/c1-4-7-13(14,9-15)11-8-10(16-2)5-6-12(11)17-3/h5-6,8H,4,7,9,15H2,1-3H3. The fourth-order valence-corrected chi connectivity index (χ4v) is 1.91. The molecule has 0 aliphatic rings. The molecule has 1 atom stereocenters. The molecule has 1 aromatic carbocycles. The quantitative estimate of drug-likeness (QED) is 0.832. The maximum Gasteiger partial charge on any atom is 0.151 e. The van der Waals surface area contributed by atoms with Crippen LogP contribution in [0, 0.1) is 0 Å². The smallest absolute Gasteiger partial charge is 0.151 e. The van der Waals surface area contributed by atoms with Gasteiger partial charge in [-0.15, -0.1) is 0 Å². The highest BCUT2D eigenvalue weighted by Gasteiger charge is 2.32. The van der Waals surface area contributed by atoms with Crippen LogP contribution in [0.5, 0.6) is 11.5 Å². The number of alkyl halides is 1. The molecule has 1 aromatic rings. The van der Waals surface area contributed by atoms with Gasteiger partial charge in [0.1, 0.15) is 11.5 Å². The van der Waals surface area contributed by atoms with Crippen molar-refractivity contribution in [3.05, 3.63) is 23.8 Å². The molecular weight excluding hydrogens is 221 g/mol. The summed E-state index contributed by atoms with van der Waals surface area (Å²) in [4.78, 5) is 0. The van der Waals surface area contributed by atoms with Crippen molar-refractivity contribution < 1.29 is 13.9 Å². The van der Waals surface area contributed by atoms with E-state index in [-0.39, 0.29) is 6.54 Å². The van der Waals surface area contributed by atoms with Crippen LogP contribution in [0.2, 0.25) is 0 Å². The highest BCUT2D eigenvalue weighted by atomic mass is 19.1. The molecule has 4 heteroatoms. The van der Waals surface area contributed by atoms with E-state index in [1.54, 1.807) is 25.3 Å². The fourth-order valence-electron chi connectivity index (χ4n) is 1.91. The van der Waals surface area contributed by atoms with Gasteiger partial charge in [0.05, 0.1) is 14.2 Å². The van der Waals surface area contributed by atoms with Gasteiger partial charge in [0.25, 0.3) is 0 Å². The number of benzene rings is 1. The van der Waals surface area contributed by atoms with Gasteiger partial charge in [-0.25, -0.2) is 4.39 Å². The van der Waals surface area contributed by atoms with E-state index in [1.807, 2.05) is 6.92 Å². The minimum atomic E-state index is -1.56. The molecule has 0 bridgehead atoms. The summed E-state index contributed by atoms with van der Waals surface area (Å²) in [6.07, 6.45) is 1.08. The Morgan fingerprint density at radius 2 is 2.00 bits per heavy atom. The number of ether oxygens (including phenoxy) is 2. The molecule has 3 nitrogen and oxygen atoms in total. The molecule has 1 rings (SSSR count). The van der Waals surface area contributed by atoms with Gasteiger partial charge < -0.3 is 15.2 Å². The second-order valence-electron chi connectivity index (χ2n) is 3.99. The highest BCUT2D eigenvalue weighted by Crippen LogP contribution is 2.38. The van der Waals surface area contributed by atoms with Crippen LogP contribution >= 0.6 is 0 Å². The largest absolute Gasteiger partial charge is 0.497 e. The Balaban J connectivity index is 3.24. The van der Waals surface area contributed by atoms with Crippen LogP contribution in [0.1, 0.15) is 25.3 Å². The van der Waals surface area contributed by atoms with Crippen LogP contribution in [0.25, 0.3) is 0 Å². The summed E-state index contributed by atoms with van der Waals surface area (Å²) in [5.74, 6) is 1.11. The summed E-state index contributed by atoms with van der Waals surface area (Å²) in [5, 5.41) is 0. The van der Waals surface area contributed by atoms with Crippen molar-refractivity contribution in [3.63, 3.8) is 0 Å². The summed E-state index contributed by atoms with van der Waals surface area (Å²) in [5.41, 5.74) is 4.47. The SMILES string of the molecule is CCCC(F)(CN)c1cc(OC)ccc1OC. The van der Waals surface area contributed by atoms with Crippen molar-refractivity contribution in [2.24, 2.45) is 5.73 Å². The zero-order valence-electron chi connectivity index (χ0n) is 10.6. The molecule has 96 valence electrons. The molecule has 0 amide bonds. The fraction of sp³-hybridized carbons (Fsp3) is 0.538. The molecule has 0 heterocycles. The first-order valence-electron chi connectivity index (χ1n) is 5.72. The molecule has 1 unspecified atom stereocenters. The molecule has 2 N–H and O–H groups in total. The van der Waals surface area contributed by atoms with E-state index in [0.717, 1.165) is 0 Å². The highest BCUT2D eigenvalue weighted by molar-refractivity contribution is 5.44. The average molecular weight is 241 g/mol. The summed E-state index contributed by atoms with van der Waals surface area (Å²) in [6.45, 7) is 1.86. The zero-order valence-corrected chi connectivity index (χ0v) is 10.6. The van der Waals surface area contributed by atoms with E-state index in [2.05, 4.69) is 0 Å². The molecule has 0 aromatic heterocycles. The van der Waals surface area contributed by atoms with Crippen molar-refractivity contribution in [1.29, 1.82) is 0 Å². The maximum atomic E-state index is 14.8. The van der Waals surface area contributed by atoms with Gasteiger partial charge in [0.2, 0.25) is 0 Å². The van der Waals surface area contributed by atoms with Gasteiger partial charge in [0, 0.05) is 12.1 Å². The number of methoxy groups -OCH3 is 2. The van der Waals surface area contributed by atoms with Crippen molar-refractivity contribution in [2.75, 3.05) is 20.8 Å². The molecule has 0 aliphatic carbocycles. The Morgan fingerprint density at radius 1 is 1.29 bits per heavy atom. The maximum absolute atomic E-state index is 14.8. The molecule has 17 heavy (non-hydrogen) atoms. The first kappa shape index (κ1) is 13.8. The molecule has 0 aliphatic heterocycles. The van der Waals surface area contributed by atoms with Crippen LogP contribution < -0.4 is 15.2 Å². The van der Waals surface area contributed by atoms with Crippen molar-refractivity contribution in [1.82, 2.24) is 0 Å². The molecule has 0 spiro atoms. The van der Waals surface area contributed by atoms with Crippen LogP contribution in [0.3, 0.4) is 0 Å². The van der Waals surface area contributed by atoms with Crippen LogP contribution in [0.4, 0.5) is 4.39 Å². The summed E-state index contributed by atoms with van der Waals surface area (Å²) >= 11 is 0. The Labute approximate surface area is 102 Å². The normalized spacial score (nSPS) is 14.2. The van der Waals surface area contributed by atoms with E-state index in [4.69, 9.17) is 15.2 Å². The first-order valence-corrected chi connectivity index (χ1v) is 5.72. The van der Waals surface area contributed by atoms with E-state index < -0.39 is 5.67 Å². The second kappa shape index (κ2) is 5.87. The van der Waals surface area contributed by atoms with E-state index in [1.165, 1.54) is 7.11 Å². The monoisotopic (exact) mass is 241 g/mol. The Kier molecular flexibility index (Phi) is 4.75. The third-order valence-electron chi connectivity index (χ3n) is 2.86. The number of hydrogen-bond acceptors (Lipinski definition) is 3. The van der Waals surface area contributed by atoms with Crippen molar-refractivity contribution in [3.8, 4) is 11.5 Å². The van der Waals surface area contributed by atoms with E-state index >= 15 is 0 Å². The lowest BCUT2D eigenvalue weighted by Gasteiger charge is -2.26. The van der Waals surface area contributed by atoms with Gasteiger partial charge in [-0.2, -0.15) is 0 Å². The van der Waals surface area contributed by atoms with Gasteiger partial charge in [0.15, 0.2) is 5.67 Å². The lowest BCUT2D eigenvalue weighted by atomic mass is 9.90. The van der Waals surface area contributed by atoms with Crippen LogP contribution in [-0.4, -0.2) is 20.8 Å². The van der Waals surface area contributed by atoms with Crippen molar-refractivity contribution in [2.45, 2.75) is 25.4 Å². The third kappa shape index (κ3) is 2.88. The number of nitrogens with two attached hydrogens (primary N) is 1. The average Bonchev–Trinajstić information content (AvgIpc) is 2.38.